The summed E-state index contributed by atoms with van der Waals surface area (Å²) in [5, 5.41) is 10.5. The summed E-state index contributed by atoms with van der Waals surface area (Å²) in [5.74, 6) is 3.58. The second kappa shape index (κ2) is 9.08. The van der Waals surface area contributed by atoms with E-state index >= 15 is 0 Å². The maximum absolute atomic E-state index is 12.0. The molecule has 0 saturated heterocycles. The molecular formula is C29H48O3. The van der Waals surface area contributed by atoms with Crippen LogP contribution in [0.1, 0.15) is 112 Å². The Hall–Kier alpha value is -0.830. The molecule has 0 heterocycles. The number of fused-ring (bicyclic) bond motifs is 4. The fourth-order valence-corrected chi connectivity index (χ4v) is 8.86. The van der Waals surface area contributed by atoms with Gasteiger partial charge in [0.2, 0.25) is 0 Å². The molecule has 182 valence electrons. The summed E-state index contributed by atoms with van der Waals surface area (Å²) < 4.78 is 6.01. The maximum Gasteiger partial charge on any atom is 0.302 e. The number of aliphatic hydroxyl groups is 1. The highest BCUT2D eigenvalue weighted by molar-refractivity contribution is 5.66. The summed E-state index contributed by atoms with van der Waals surface area (Å²) in [7, 11) is 0. The van der Waals surface area contributed by atoms with Crippen LogP contribution in [0.15, 0.2) is 11.1 Å². The number of allylic oxidation sites excluding steroid dienone is 1. The minimum absolute atomic E-state index is 0.0800. The number of carbonyl (C=O) groups excluding carboxylic acids is 1. The second-order valence-corrected chi connectivity index (χ2v) is 12.9. The van der Waals surface area contributed by atoms with Gasteiger partial charge in [-0.1, -0.05) is 65.0 Å². The first kappa shape index (κ1) is 24.3. The molecule has 0 aliphatic heterocycles. The zero-order valence-corrected chi connectivity index (χ0v) is 21.6. The van der Waals surface area contributed by atoms with Gasteiger partial charge in [0.15, 0.2) is 0 Å². The molecule has 0 aromatic rings. The number of hydrogen-bond donors (Lipinski definition) is 1. The van der Waals surface area contributed by atoms with E-state index < -0.39 is 0 Å². The van der Waals surface area contributed by atoms with Crippen molar-refractivity contribution in [3.8, 4) is 0 Å². The van der Waals surface area contributed by atoms with Gasteiger partial charge in [-0.05, 0) is 86.4 Å². The van der Waals surface area contributed by atoms with Gasteiger partial charge in [0.05, 0.1) is 6.10 Å². The minimum Gasteiger partial charge on any atom is -0.462 e. The predicted molar refractivity (Wildman–Crippen MR) is 130 cm³/mol. The largest absolute Gasteiger partial charge is 0.462 e. The zero-order chi connectivity index (χ0) is 23.3. The van der Waals surface area contributed by atoms with E-state index in [1.165, 1.54) is 44.9 Å². The van der Waals surface area contributed by atoms with Crippen LogP contribution in [-0.4, -0.2) is 23.3 Å². The molecule has 8 atom stereocenters. The number of ether oxygens (including phenoxy) is 1. The highest BCUT2D eigenvalue weighted by Crippen LogP contribution is 2.66. The van der Waals surface area contributed by atoms with Crippen molar-refractivity contribution < 1.29 is 14.6 Å². The Bertz CT molecular complexity index is 739. The van der Waals surface area contributed by atoms with Gasteiger partial charge < -0.3 is 9.84 Å². The Morgan fingerprint density at radius 3 is 2.56 bits per heavy atom. The van der Waals surface area contributed by atoms with Crippen LogP contribution in [0.4, 0.5) is 0 Å². The number of esters is 1. The molecular weight excluding hydrogens is 396 g/mol. The summed E-state index contributed by atoms with van der Waals surface area (Å²) in [4.78, 5) is 12.0. The third-order valence-corrected chi connectivity index (χ3v) is 10.4. The van der Waals surface area contributed by atoms with Crippen LogP contribution in [0.3, 0.4) is 0 Å². The predicted octanol–water partition coefficient (Wildman–Crippen LogP) is 7.07. The molecule has 4 aliphatic rings. The van der Waals surface area contributed by atoms with Crippen molar-refractivity contribution in [3.05, 3.63) is 11.1 Å². The Labute approximate surface area is 196 Å². The van der Waals surface area contributed by atoms with Gasteiger partial charge in [-0.15, -0.1) is 0 Å². The molecule has 3 fully saturated rings. The number of carbonyl (C=O) groups is 1. The molecule has 0 spiro atoms. The van der Waals surface area contributed by atoms with Crippen molar-refractivity contribution in [1.82, 2.24) is 0 Å². The quantitative estimate of drug-likeness (QED) is 0.352. The molecule has 3 heteroatoms. The third-order valence-electron chi connectivity index (χ3n) is 10.4. The van der Waals surface area contributed by atoms with Gasteiger partial charge in [-0.2, -0.15) is 0 Å². The molecule has 4 aliphatic carbocycles. The summed E-state index contributed by atoms with van der Waals surface area (Å²) >= 11 is 0. The highest BCUT2D eigenvalue weighted by atomic mass is 16.5. The lowest BCUT2D eigenvalue weighted by Crippen LogP contribution is -2.51. The normalized spacial score (nSPS) is 42.3. The van der Waals surface area contributed by atoms with Crippen LogP contribution in [0.25, 0.3) is 0 Å². The van der Waals surface area contributed by atoms with Crippen molar-refractivity contribution in [3.63, 3.8) is 0 Å². The van der Waals surface area contributed by atoms with Crippen LogP contribution in [0.5, 0.6) is 0 Å². The van der Waals surface area contributed by atoms with E-state index in [1.54, 1.807) is 18.1 Å². The first-order chi connectivity index (χ1) is 15.1. The van der Waals surface area contributed by atoms with Gasteiger partial charge in [0.1, 0.15) is 6.10 Å². The summed E-state index contributed by atoms with van der Waals surface area (Å²) in [5.41, 5.74) is 3.51. The van der Waals surface area contributed by atoms with E-state index in [2.05, 4.69) is 34.6 Å². The van der Waals surface area contributed by atoms with E-state index in [4.69, 9.17) is 4.74 Å². The fraction of sp³-hybridized carbons (Fsp3) is 0.897. The van der Waals surface area contributed by atoms with Crippen molar-refractivity contribution in [2.45, 2.75) is 124 Å². The number of aliphatic hydroxyl groups excluding tert-OH is 1. The van der Waals surface area contributed by atoms with Crippen molar-refractivity contribution in [2.24, 2.45) is 40.4 Å². The molecule has 1 N–H and O–H groups in total. The van der Waals surface area contributed by atoms with Crippen LogP contribution in [0, 0.1) is 40.4 Å². The van der Waals surface area contributed by atoms with Crippen molar-refractivity contribution >= 4 is 5.97 Å². The van der Waals surface area contributed by atoms with E-state index in [-0.39, 0.29) is 23.6 Å². The fourth-order valence-electron chi connectivity index (χ4n) is 8.86. The SMILES string of the molecule is CC(=O)O[C@@H]1C[C@@H]2C(=C3CC[C@H](O)C[C@@]31C)CC[C@]1(C)[C@@H]([C@H](C)CCCC(C)C)CC[C@@H]21. The lowest BCUT2D eigenvalue weighted by Gasteiger charge is -2.56. The van der Waals surface area contributed by atoms with Crippen LogP contribution >= 0.6 is 0 Å². The number of rotatable bonds is 6. The molecule has 0 radical (unpaired) electrons. The number of hydrogen-bond acceptors (Lipinski definition) is 3. The lowest BCUT2D eigenvalue weighted by atomic mass is 9.50. The maximum atomic E-state index is 12.0. The molecule has 32 heavy (non-hydrogen) atoms. The summed E-state index contributed by atoms with van der Waals surface area (Å²) in [6, 6.07) is 0. The summed E-state index contributed by atoms with van der Waals surface area (Å²) in [6.45, 7) is 13.6. The van der Waals surface area contributed by atoms with Gasteiger partial charge >= 0.3 is 5.97 Å². The van der Waals surface area contributed by atoms with Crippen LogP contribution in [0.2, 0.25) is 0 Å². The first-order valence-electron chi connectivity index (χ1n) is 13.6. The van der Waals surface area contributed by atoms with Crippen molar-refractivity contribution in [2.75, 3.05) is 0 Å². The molecule has 0 aromatic carbocycles. The van der Waals surface area contributed by atoms with Crippen molar-refractivity contribution in [1.29, 1.82) is 0 Å². The molecule has 3 saturated carbocycles. The van der Waals surface area contributed by atoms with Gasteiger partial charge in [-0.25, -0.2) is 0 Å². The Morgan fingerprint density at radius 1 is 1.12 bits per heavy atom. The first-order valence-corrected chi connectivity index (χ1v) is 13.6. The Kier molecular flexibility index (Phi) is 6.90. The van der Waals surface area contributed by atoms with E-state index in [0.717, 1.165) is 49.4 Å². The topological polar surface area (TPSA) is 46.5 Å². The highest BCUT2D eigenvalue weighted by Gasteiger charge is 2.58. The molecule has 0 amide bonds. The van der Waals surface area contributed by atoms with Gasteiger partial charge in [-0.3, -0.25) is 4.79 Å². The Morgan fingerprint density at radius 2 is 1.88 bits per heavy atom. The van der Waals surface area contributed by atoms with E-state index in [0.29, 0.717) is 11.3 Å². The van der Waals surface area contributed by atoms with E-state index in [9.17, 15) is 9.90 Å². The minimum atomic E-state index is -0.268. The van der Waals surface area contributed by atoms with Gasteiger partial charge in [0, 0.05) is 12.3 Å². The smallest absolute Gasteiger partial charge is 0.302 e. The lowest BCUT2D eigenvalue weighted by molar-refractivity contribution is -0.157. The molecule has 0 bridgehead atoms. The monoisotopic (exact) mass is 444 g/mol. The third kappa shape index (κ3) is 4.21. The standard InChI is InChI=1S/C29H48O3/c1-18(2)8-7-9-19(3)24-12-13-26-23-16-27(32-20(4)30)29(6)17-21(31)10-11-25(29)22(23)14-15-28(24,26)5/h18-19,21,23-24,26-27,31H,7-17H2,1-6H3/t19-,21+,23-,24-,26+,27-,28-,29+/m1/s1. The average Bonchev–Trinajstić information content (AvgIpc) is 3.05. The van der Waals surface area contributed by atoms with Gasteiger partial charge in [0.25, 0.3) is 0 Å². The molecule has 3 nitrogen and oxygen atoms in total. The van der Waals surface area contributed by atoms with Crippen LogP contribution in [-0.2, 0) is 9.53 Å². The summed E-state index contributed by atoms with van der Waals surface area (Å²) in [6.07, 6.45) is 12.6. The zero-order valence-electron chi connectivity index (χ0n) is 21.6. The Balaban J connectivity index is 1.59. The second-order valence-electron chi connectivity index (χ2n) is 12.9. The molecule has 4 rings (SSSR count). The average molecular weight is 445 g/mol. The molecule has 0 aromatic heterocycles. The van der Waals surface area contributed by atoms with Crippen LogP contribution < -0.4 is 0 Å². The van der Waals surface area contributed by atoms with E-state index in [1.807, 2.05) is 0 Å². The molecule has 0 unspecified atom stereocenters.